The van der Waals surface area contributed by atoms with Gasteiger partial charge >= 0.3 is 5.97 Å². The van der Waals surface area contributed by atoms with Crippen LogP contribution in [0, 0.1) is 0 Å². The number of carboxylic acid groups (broad SMARTS) is 1. The fraction of sp³-hybridized carbons (Fsp3) is 0.357. The van der Waals surface area contributed by atoms with E-state index in [0.717, 1.165) is 11.8 Å². The van der Waals surface area contributed by atoms with E-state index in [1.165, 1.54) is 4.31 Å². The Balaban J connectivity index is 2.70. The Hall–Kier alpha value is -1.08. The van der Waals surface area contributed by atoms with Gasteiger partial charge in [-0.3, -0.25) is 4.79 Å². The average molecular weight is 366 g/mol. The summed E-state index contributed by atoms with van der Waals surface area (Å²) in [5.74, 6) is -0.947. The van der Waals surface area contributed by atoms with Crippen molar-refractivity contribution in [2.75, 3.05) is 19.3 Å². The summed E-state index contributed by atoms with van der Waals surface area (Å²) in [5, 5.41) is 9.59. The normalized spacial score (nSPS) is 12.2. The Labute approximate surface area is 140 Å². The molecule has 22 heavy (non-hydrogen) atoms. The number of benzene rings is 1. The number of nitrogens with zero attached hydrogens (tertiary/aromatic N) is 1. The second kappa shape index (κ2) is 8.53. The maximum Gasteiger partial charge on any atom is 0.303 e. The molecule has 0 fully saturated rings. The van der Waals surface area contributed by atoms with E-state index in [2.05, 4.69) is 0 Å². The van der Waals surface area contributed by atoms with Crippen molar-refractivity contribution in [2.24, 2.45) is 0 Å². The van der Waals surface area contributed by atoms with E-state index < -0.39 is 16.0 Å². The number of carbonyl (C=O) groups is 1. The van der Waals surface area contributed by atoms with Crippen molar-refractivity contribution in [3.63, 3.8) is 0 Å². The first-order valence-corrected chi connectivity index (χ1v) is 9.08. The minimum atomic E-state index is -3.40. The quantitative estimate of drug-likeness (QED) is 0.767. The molecule has 0 amide bonds. The van der Waals surface area contributed by atoms with Crippen LogP contribution in [-0.4, -0.2) is 43.1 Å². The van der Waals surface area contributed by atoms with Crippen LogP contribution in [0.15, 0.2) is 24.3 Å². The van der Waals surface area contributed by atoms with Crippen LogP contribution >= 0.6 is 23.2 Å². The summed E-state index contributed by atoms with van der Waals surface area (Å²) >= 11 is 11.8. The van der Waals surface area contributed by atoms with Crippen molar-refractivity contribution >= 4 is 45.3 Å². The highest BCUT2D eigenvalue weighted by Crippen LogP contribution is 2.19. The number of hydrogen-bond acceptors (Lipinski definition) is 3. The molecule has 0 aliphatic carbocycles. The second-order valence-electron chi connectivity index (χ2n) is 4.72. The third kappa shape index (κ3) is 7.26. The molecule has 0 unspecified atom stereocenters. The number of aliphatic carboxylic acids is 1. The maximum atomic E-state index is 11.7. The van der Waals surface area contributed by atoms with E-state index in [-0.39, 0.29) is 25.9 Å². The molecule has 0 saturated heterocycles. The summed E-state index contributed by atoms with van der Waals surface area (Å²) < 4.78 is 24.5. The monoisotopic (exact) mass is 365 g/mol. The standard InChI is InChI=1S/C14H17Cl2NO4S/c1-22(20,21)17(7-3-5-14(18)19)6-2-4-11-8-12(15)10-13(16)9-11/h2,4,8-10H,3,5-7H2,1H3,(H,18,19)/b4-2+. The van der Waals surface area contributed by atoms with Gasteiger partial charge in [-0.1, -0.05) is 35.4 Å². The van der Waals surface area contributed by atoms with Crippen LogP contribution in [0.1, 0.15) is 18.4 Å². The minimum Gasteiger partial charge on any atom is -0.481 e. The molecule has 1 N–H and O–H groups in total. The molecule has 0 saturated carbocycles. The second-order valence-corrected chi connectivity index (χ2v) is 7.58. The molecular weight excluding hydrogens is 349 g/mol. The van der Waals surface area contributed by atoms with Crippen LogP contribution in [0.4, 0.5) is 0 Å². The fourth-order valence-corrected chi connectivity index (χ4v) is 3.14. The molecule has 122 valence electrons. The van der Waals surface area contributed by atoms with Crippen LogP contribution in [0.25, 0.3) is 6.08 Å². The van der Waals surface area contributed by atoms with E-state index in [0.29, 0.717) is 10.0 Å². The van der Waals surface area contributed by atoms with Crippen LogP contribution in [0.2, 0.25) is 10.0 Å². The number of carboxylic acids is 1. The molecule has 1 aromatic carbocycles. The Bertz CT molecular complexity index is 639. The van der Waals surface area contributed by atoms with E-state index in [9.17, 15) is 13.2 Å². The number of sulfonamides is 1. The van der Waals surface area contributed by atoms with Crippen molar-refractivity contribution in [2.45, 2.75) is 12.8 Å². The predicted molar refractivity (Wildman–Crippen MR) is 88.8 cm³/mol. The van der Waals surface area contributed by atoms with Gasteiger partial charge in [-0.25, -0.2) is 8.42 Å². The Kier molecular flexibility index (Phi) is 7.35. The first-order chi connectivity index (χ1) is 10.2. The number of hydrogen-bond donors (Lipinski definition) is 1. The van der Waals surface area contributed by atoms with E-state index >= 15 is 0 Å². The molecule has 0 aliphatic heterocycles. The van der Waals surface area contributed by atoms with E-state index in [4.69, 9.17) is 28.3 Å². The lowest BCUT2D eigenvalue weighted by molar-refractivity contribution is -0.137. The lowest BCUT2D eigenvalue weighted by atomic mass is 10.2. The zero-order valence-corrected chi connectivity index (χ0v) is 14.3. The van der Waals surface area contributed by atoms with Gasteiger partial charge < -0.3 is 5.11 Å². The molecule has 0 bridgehead atoms. The molecule has 0 heterocycles. The maximum absolute atomic E-state index is 11.7. The molecule has 1 aromatic rings. The van der Waals surface area contributed by atoms with Gasteiger partial charge in [0.1, 0.15) is 0 Å². The first kappa shape index (κ1) is 19.0. The van der Waals surface area contributed by atoms with Gasteiger partial charge in [-0.2, -0.15) is 4.31 Å². The molecule has 0 spiro atoms. The number of rotatable bonds is 8. The SMILES string of the molecule is CS(=O)(=O)N(C/C=C/c1cc(Cl)cc(Cl)c1)CCCC(=O)O. The van der Waals surface area contributed by atoms with Crippen LogP contribution < -0.4 is 0 Å². The molecule has 8 heteroatoms. The summed E-state index contributed by atoms with van der Waals surface area (Å²) in [5.41, 5.74) is 0.761. The van der Waals surface area contributed by atoms with Gasteiger partial charge in [0, 0.05) is 29.6 Å². The third-order valence-electron chi connectivity index (χ3n) is 2.77. The van der Waals surface area contributed by atoms with Crippen molar-refractivity contribution in [1.82, 2.24) is 4.31 Å². The van der Waals surface area contributed by atoms with Gasteiger partial charge in [0.15, 0.2) is 0 Å². The van der Waals surface area contributed by atoms with E-state index in [1.54, 1.807) is 30.4 Å². The zero-order valence-electron chi connectivity index (χ0n) is 12.0. The topological polar surface area (TPSA) is 74.7 Å². The first-order valence-electron chi connectivity index (χ1n) is 6.48. The Morgan fingerprint density at radius 3 is 2.36 bits per heavy atom. The molecular formula is C14H17Cl2NO4S. The lowest BCUT2D eigenvalue weighted by Crippen LogP contribution is -2.31. The summed E-state index contributed by atoms with van der Waals surface area (Å²) in [6.45, 7) is 0.314. The highest BCUT2D eigenvalue weighted by atomic mass is 35.5. The molecule has 0 radical (unpaired) electrons. The summed E-state index contributed by atoms with van der Waals surface area (Å²) in [6, 6.07) is 5.02. The van der Waals surface area contributed by atoms with E-state index in [1.807, 2.05) is 0 Å². The van der Waals surface area contributed by atoms with Gasteiger partial charge in [-0.15, -0.1) is 0 Å². The molecule has 0 aliphatic rings. The van der Waals surface area contributed by atoms with Crippen LogP contribution in [0.3, 0.4) is 0 Å². The third-order valence-corrected chi connectivity index (χ3v) is 4.48. The molecule has 5 nitrogen and oxygen atoms in total. The predicted octanol–water partition coefficient (Wildman–Crippen LogP) is 3.13. The summed E-state index contributed by atoms with van der Waals surface area (Å²) in [6.07, 6.45) is 4.67. The van der Waals surface area contributed by atoms with Crippen LogP contribution in [0.5, 0.6) is 0 Å². The number of halogens is 2. The largest absolute Gasteiger partial charge is 0.481 e. The highest BCUT2D eigenvalue weighted by molar-refractivity contribution is 7.88. The Morgan fingerprint density at radius 2 is 1.86 bits per heavy atom. The van der Waals surface area contributed by atoms with Crippen molar-refractivity contribution in [3.8, 4) is 0 Å². The summed E-state index contributed by atoms with van der Waals surface area (Å²) in [7, 11) is -3.40. The smallest absolute Gasteiger partial charge is 0.303 e. The van der Waals surface area contributed by atoms with Gasteiger partial charge in [0.05, 0.1) is 6.26 Å². The van der Waals surface area contributed by atoms with Crippen molar-refractivity contribution < 1.29 is 18.3 Å². The molecule has 0 aromatic heterocycles. The van der Waals surface area contributed by atoms with Crippen molar-refractivity contribution in [1.29, 1.82) is 0 Å². The molecule has 1 rings (SSSR count). The minimum absolute atomic E-state index is 0.0698. The summed E-state index contributed by atoms with van der Waals surface area (Å²) in [4.78, 5) is 10.5. The van der Waals surface area contributed by atoms with Crippen LogP contribution in [-0.2, 0) is 14.8 Å². The molecule has 0 atom stereocenters. The zero-order chi connectivity index (χ0) is 16.8. The fourth-order valence-electron chi connectivity index (χ4n) is 1.78. The highest BCUT2D eigenvalue weighted by Gasteiger charge is 2.15. The lowest BCUT2D eigenvalue weighted by Gasteiger charge is -2.17. The van der Waals surface area contributed by atoms with Gasteiger partial charge in [0.25, 0.3) is 0 Å². The van der Waals surface area contributed by atoms with Gasteiger partial charge in [0.2, 0.25) is 10.0 Å². The van der Waals surface area contributed by atoms with Gasteiger partial charge in [-0.05, 0) is 30.2 Å². The Morgan fingerprint density at radius 1 is 1.27 bits per heavy atom. The van der Waals surface area contributed by atoms with Crippen molar-refractivity contribution in [3.05, 3.63) is 39.9 Å². The average Bonchev–Trinajstić information content (AvgIpc) is 2.34.